The summed E-state index contributed by atoms with van der Waals surface area (Å²) in [7, 11) is -0.405. The van der Waals surface area contributed by atoms with Gasteiger partial charge in [0.05, 0.1) is 18.2 Å². The summed E-state index contributed by atoms with van der Waals surface area (Å²) >= 11 is 0. The van der Waals surface area contributed by atoms with Gasteiger partial charge in [-0.15, -0.1) is 0 Å². The molecule has 2 aromatic heterocycles. The number of carbonyl (C=O) groups is 2. The van der Waals surface area contributed by atoms with E-state index in [4.69, 9.17) is 4.74 Å². The van der Waals surface area contributed by atoms with E-state index in [2.05, 4.69) is 44.1 Å². The fraction of sp³-hybridized carbons (Fsp3) is 0.488. The van der Waals surface area contributed by atoms with Crippen LogP contribution in [0.5, 0.6) is 5.75 Å². The number of amides is 2. The van der Waals surface area contributed by atoms with Crippen molar-refractivity contribution in [3.63, 3.8) is 0 Å². The molecule has 1 N–H and O–H groups in total. The molecule has 10 nitrogen and oxygen atoms in total. The third-order valence-corrected chi connectivity index (χ3v) is 12.7. The van der Waals surface area contributed by atoms with E-state index < -0.39 is 21.3 Å². The first-order chi connectivity index (χ1) is 24.8. The smallest absolute Gasteiger partial charge is 0.281 e. The van der Waals surface area contributed by atoms with Crippen LogP contribution in [0.3, 0.4) is 0 Å². The largest absolute Gasteiger partial charge is 0.497 e. The van der Waals surface area contributed by atoms with Crippen LogP contribution in [-0.4, -0.2) is 78.9 Å². The first-order valence-electron chi connectivity index (χ1n) is 18.6. The van der Waals surface area contributed by atoms with Gasteiger partial charge in [-0.1, -0.05) is 31.4 Å². The van der Waals surface area contributed by atoms with Gasteiger partial charge in [0.25, 0.3) is 15.9 Å². The van der Waals surface area contributed by atoms with Gasteiger partial charge in [0.15, 0.2) is 5.03 Å². The predicted octanol–water partition coefficient (Wildman–Crippen LogP) is 6.83. The molecule has 7 rings (SSSR count). The third-order valence-electron chi connectivity index (χ3n) is 11.5. The summed E-state index contributed by atoms with van der Waals surface area (Å²) < 4.78 is 36.6. The van der Waals surface area contributed by atoms with Crippen molar-refractivity contribution >= 4 is 32.7 Å². The highest BCUT2D eigenvalue weighted by molar-refractivity contribution is 7.90. The highest BCUT2D eigenvalue weighted by atomic mass is 32.2. The van der Waals surface area contributed by atoms with Crippen LogP contribution in [0.2, 0.25) is 0 Å². The Morgan fingerprint density at radius 3 is 2.29 bits per heavy atom. The number of likely N-dealkylation sites (N-methyl/N-ethyl adjacent to an activating group) is 1. The Morgan fingerprint density at radius 1 is 0.942 bits per heavy atom. The van der Waals surface area contributed by atoms with Crippen molar-refractivity contribution in [2.75, 3.05) is 27.2 Å². The Balaban J connectivity index is 1.38. The molecule has 2 unspecified atom stereocenters. The first kappa shape index (κ1) is 36.2. The zero-order valence-corrected chi connectivity index (χ0v) is 32.1. The number of benzene rings is 2. The number of fused-ring (bicyclic) bond motifs is 3. The Bertz CT molecular complexity index is 2100. The Kier molecular flexibility index (Phi) is 9.71. The van der Waals surface area contributed by atoms with Gasteiger partial charge in [-0.3, -0.25) is 9.59 Å². The minimum absolute atomic E-state index is 0.150. The molecule has 52 heavy (non-hydrogen) atoms. The normalized spacial score (nSPS) is 20.0. The van der Waals surface area contributed by atoms with Crippen LogP contribution in [-0.2, 0) is 21.4 Å². The van der Waals surface area contributed by atoms with Gasteiger partial charge in [0.2, 0.25) is 5.91 Å². The number of ether oxygens (including phenoxy) is 1. The molecule has 0 spiro atoms. The molecule has 4 heterocycles. The summed E-state index contributed by atoms with van der Waals surface area (Å²) in [4.78, 5) is 36.9. The molecule has 1 aliphatic carbocycles. The SMILES string of the molecule is COc1ccc(-c2c(C3CCCCC3)c3ccc(C(=O)NS(=O)(=O)c4ccc(C)cn4)cc3n2CC(C)(C)C(=O)N2C3CCC2CN(C)C3)c(C)c1. The molecule has 2 amide bonds. The number of carbonyl (C=O) groups excluding carboxylic acids is 2. The number of hydrogen-bond acceptors (Lipinski definition) is 7. The van der Waals surface area contributed by atoms with Crippen LogP contribution in [0.15, 0.2) is 59.8 Å². The Hall–Kier alpha value is -4.22. The first-order valence-corrected chi connectivity index (χ1v) is 20.1. The summed E-state index contributed by atoms with van der Waals surface area (Å²) in [5.41, 5.74) is 5.46. The summed E-state index contributed by atoms with van der Waals surface area (Å²) in [6.45, 7) is 10.1. The number of likely N-dealkylation sites (tertiary alicyclic amines) is 1. The van der Waals surface area contributed by atoms with Crippen molar-refractivity contribution in [1.29, 1.82) is 0 Å². The molecule has 2 aromatic carbocycles. The van der Waals surface area contributed by atoms with E-state index in [1.807, 2.05) is 39.0 Å². The fourth-order valence-electron chi connectivity index (χ4n) is 8.91. The molecule has 2 bridgehead atoms. The lowest BCUT2D eigenvalue weighted by molar-refractivity contribution is -0.146. The highest BCUT2D eigenvalue weighted by Crippen LogP contribution is 2.47. The number of nitrogens with zero attached hydrogens (tertiary/aromatic N) is 4. The van der Waals surface area contributed by atoms with E-state index in [-0.39, 0.29) is 28.6 Å². The number of pyridine rings is 1. The van der Waals surface area contributed by atoms with Crippen LogP contribution >= 0.6 is 0 Å². The molecule has 2 saturated heterocycles. The molecule has 11 heteroatoms. The predicted molar refractivity (Wildman–Crippen MR) is 203 cm³/mol. The molecule has 0 radical (unpaired) electrons. The van der Waals surface area contributed by atoms with E-state index in [1.165, 1.54) is 24.2 Å². The van der Waals surface area contributed by atoms with E-state index in [1.54, 1.807) is 25.3 Å². The summed E-state index contributed by atoms with van der Waals surface area (Å²) in [5, 5.41) is 0.811. The lowest BCUT2D eigenvalue weighted by Gasteiger charge is -2.43. The average molecular weight is 726 g/mol. The topological polar surface area (TPSA) is 114 Å². The maximum Gasteiger partial charge on any atom is 0.281 e. The minimum Gasteiger partial charge on any atom is -0.497 e. The molecule has 2 atom stereocenters. The zero-order chi connectivity index (χ0) is 36.9. The van der Waals surface area contributed by atoms with Crippen LogP contribution in [0.4, 0.5) is 0 Å². The third kappa shape index (κ3) is 6.73. The van der Waals surface area contributed by atoms with E-state index in [9.17, 15) is 18.0 Å². The quantitative estimate of drug-likeness (QED) is 0.201. The van der Waals surface area contributed by atoms with Gasteiger partial charge >= 0.3 is 0 Å². The van der Waals surface area contributed by atoms with E-state index >= 15 is 0 Å². The van der Waals surface area contributed by atoms with Gasteiger partial charge < -0.3 is 19.1 Å². The van der Waals surface area contributed by atoms with Crippen LogP contribution in [0.25, 0.3) is 22.2 Å². The second-order valence-corrected chi connectivity index (χ2v) is 17.5. The van der Waals surface area contributed by atoms with E-state index in [0.29, 0.717) is 12.5 Å². The van der Waals surface area contributed by atoms with Gasteiger partial charge in [0.1, 0.15) is 5.75 Å². The number of hydrogen-bond donors (Lipinski definition) is 1. The number of sulfonamides is 1. The van der Waals surface area contributed by atoms with Gasteiger partial charge in [-0.25, -0.2) is 9.71 Å². The van der Waals surface area contributed by atoms with Gasteiger partial charge in [-0.2, -0.15) is 8.42 Å². The standard InChI is InChI=1S/C41H51N5O5S/c1-26-12-19-36(42-22-26)52(49,50)43-39(47)29-13-17-34-35(21-29)45(25-41(3,4)40(48)46-30-14-15-31(46)24-44(5)23-30)38(37(34)28-10-8-7-9-11-28)33-18-16-32(51-6)20-27(33)2/h12-13,16-22,28,30-31H,7-11,14-15,23-25H2,1-6H3,(H,43,47). The molecule has 2 aliphatic heterocycles. The van der Waals surface area contributed by atoms with Crippen molar-refractivity contribution in [2.24, 2.45) is 5.41 Å². The number of aryl methyl sites for hydroxylation is 2. The molecule has 3 fully saturated rings. The van der Waals surface area contributed by atoms with Crippen molar-refractivity contribution in [3.05, 3.63) is 77.0 Å². The summed E-state index contributed by atoms with van der Waals surface area (Å²) in [5.74, 6) is 0.487. The number of nitrogens with one attached hydrogen (secondary N) is 1. The second kappa shape index (κ2) is 14.0. The zero-order valence-electron chi connectivity index (χ0n) is 31.2. The highest BCUT2D eigenvalue weighted by Gasteiger charge is 2.46. The van der Waals surface area contributed by atoms with Crippen molar-refractivity contribution < 1.29 is 22.7 Å². The van der Waals surface area contributed by atoms with Crippen LogP contribution < -0.4 is 9.46 Å². The summed E-state index contributed by atoms with van der Waals surface area (Å²) in [6.07, 6.45) is 9.09. The molecular formula is C41H51N5O5S. The lowest BCUT2D eigenvalue weighted by atomic mass is 9.81. The second-order valence-electron chi connectivity index (χ2n) is 15.9. The number of methoxy groups -OCH3 is 1. The maximum atomic E-state index is 14.7. The average Bonchev–Trinajstić information content (AvgIpc) is 3.57. The van der Waals surface area contributed by atoms with Crippen LogP contribution in [0, 0.1) is 19.3 Å². The fourth-order valence-corrected chi connectivity index (χ4v) is 9.81. The number of piperazine rings is 1. The van der Waals surface area contributed by atoms with Gasteiger partial charge in [-0.05, 0) is 119 Å². The van der Waals surface area contributed by atoms with Crippen LogP contribution in [0.1, 0.15) is 91.8 Å². The molecule has 3 aliphatic rings. The lowest BCUT2D eigenvalue weighted by Crippen LogP contribution is -2.58. The number of aromatic nitrogens is 2. The van der Waals surface area contributed by atoms with Gasteiger partial charge in [0, 0.05) is 59.9 Å². The number of rotatable bonds is 9. The maximum absolute atomic E-state index is 14.7. The Labute approximate surface area is 307 Å². The molecular weight excluding hydrogens is 675 g/mol. The molecule has 276 valence electrons. The minimum atomic E-state index is -4.21. The molecule has 1 saturated carbocycles. The monoisotopic (exact) mass is 725 g/mol. The summed E-state index contributed by atoms with van der Waals surface area (Å²) in [6, 6.07) is 15.1. The Morgan fingerprint density at radius 2 is 1.65 bits per heavy atom. The van der Waals surface area contributed by atoms with Crippen molar-refractivity contribution in [1.82, 2.24) is 24.1 Å². The van der Waals surface area contributed by atoms with Crippen molar-refractivity contribution in [2.45, 2.75) is 102 Å². The molecule has 4 aromatic rings. The van der Waals surface area contributed by atoms with E-state index in [0.717, 1.165) is 90.7 Å². The van der Waals surface area contributed by atoms with Crippen molar-refractivity contribution in [3.8, 4) is 17.0 Å².